The van der Waals surface area contributed by atoms with Gasteiger partial charge in [0.15, 0.2) is 11.6 Å². The molecule has 0 atom stereocenters. The third-order valence-electron chi connectivity index (χ3n) is 7.97. The van der Waals surface area contributed by atoms with Crippen LogP contribution in [0.5, 0.6) is 0 Å². The fourth-order valence-corrected chi connectivity index (χ4v) is 9.26. The Bertz CT molecular complexity index is 1440. The average Bonchev–Trinajstić information content (AvgIpc) is 2.85. The van der Waals surface area contributed by atoms with Gasteiger partial charge in [-0.25, -0.2) is 16.8 Å². The Morgan fingerprint density at radius 3 is 1.32 bits per heavy atom. The fraction of sp³-hybridized carbons (Fsp3) is 0.500. The van der Waals surface area contributed by atoms with Crippen LogP contribution in [0.3, 0.4) is 0 Å². The Kier molecular flexibility index (Phi) is 6.49. The lowest BCUT2D eigenvalue weighted by Crippen LogP contribution is -2.43. The van der Waals surface area contributed by atoms with Crippen LogP contribution in [0, 0.1) is 10.8 Å². The molecule has 0 amide bonds. The van der Waals surface area contributed by atoms with Gasteiger partial charge in [-0.15, -0.1) is 0 Å². The number of piperidine rings is 2. The lowest BCUT2D eigenvalue weighted by Gasteiger charge is -2.37. The van der Waals surface area contributed by atoms with Gasteiger partial charge in [0.25, 0.3) is 0 Å². The number of ketones is 2. The lowest BCUT2D eigenvalue weighted by atomic mass is 9.84. The molecule has 0 unspecified atom stereocenters. The summed E-state index contributed by atoms with van der Waals surface area (Å²) in [6, 6.07) is 8.04. The number of carbonyl (C=O) groups excluding carboxylic acids is 2. The highest BCUT2D eigenvalue weighted by Crippen LogP contribution is 2.36. The number of hydrogen-bond donors (Lipinski definition) is 0. The van der Waals surface area contributed by atoms with Crippen molar-refractivity contribution in [2.24, 2.45) is 10.8 Å². The number of rotatable bonds is 4. The van der Waals surface area contributed by atoms with Gasteiger partial charge >= 0.3 is 0 Å². The molecule has 38 heavy (non-hydrogen) atoms. The summed E-state index contributed by atoms with van der Waals surface area (Å²) in [5.74, 6) is -0.984. The van der Waals surface area contributed by atoms with Crippen molar-refractivity contribution in [3.8, 4) is 0 Å². The highest BCUT2D eigenvalue weighted by molar-refractivity contribution is 7.89. The van der Waals surface area contributed by atoms with Crippen molar-refractivity contribution in [2.75, 3.05) is 26.2 Å². The van der Waals surface area contributed by atoms with Crippen LogP contribution in [0.15, 0.2) is 46.2 Å². The molecular formula is C28H34N2O6S2. The van der Waals surface area contributed by atoms with E-state index in [-0.39, 0.29) is 42.9 Å². The molecule has 2 aromatic rings. The van der Waals surface area contributed by atoms with Gasteiger partial charge in [-0.2, -0.15) is 8.61 Å². The molecule has 0 aromatic heterocycles. The van der Waals surface area contributed by atoms with Crippen molar-refractivity contribution >= 4 is 31.6 Å². The summed E-state index contributed by atoms with van der Waals surface area (Å²) in [6.45, 7) is 9.69. The van der Waals surface area contributed by atoms with Gasteiger partial charge in [0.05, 0.1) is 9.79 Å². The zero-order valence-electron chi connectivity index (χ0n) is 22.3. The van der Waals surface area contributed by atoms with Crippen molar-refractivity contribution in [1.82, 2.24) is 8.61 Å². The minimum atomic E-state index is -3.85. The van der Waals surface area contributed by atoms with E-state index in [2.05, 4.69) is 0 Å². The quantitative estimate of drug-likeness (QED) is 0.477. The van der Waals surface area contributed by atoms with E-state index in [9.17, 15) is 26.4 Å². The van der Waals surface area contributed by atoms with Gasteiger partial charge in [-0.3, -0.25) is 9.59 Å². The molecule has 204 valence electrons. The molecule has 2 heterocycles. The van der Waals surface area contributed by atoms with E-state index in [0.717, 1.165) is 25.7 Å². The zero-order chi connectivity index (χ0) is 27.7. The van der Waals surface area contributed by atoms with E-state index in [0.29, 0.717) is 26.2 Å². The molecule has 2 fully saturated rings. The second-order valence-corrected chi connectivity index (χ2v) is 16.2. The second-order valence-electron chi connectivity index (χ2n) is 12.3. The highest BCUT2D eigenvalue weighted by Gasteiger charge is 2.38. The molecular weight excluding hydrogens is 524 g/mol. The summed E-state index contributed by atoms with van der Waals surface area (Å²) in [5, 5.41) is 0. The molecule has 0 radical (unpaired) electrons. The van der Waals surface area contributed by atoms with Gasteiger partial charge in [0.1, 0.15) is 0 Å². The van der Waals surface area contributed by atoms with Crippen LogP contribution >= 0.6 is 0 Å². The summed E-state index contributed by atoms with van der Waals surface area (Å²) >= 11 is 0. The topological polar surface area (TPSA) is 109 Å². The molecule has 1 aliphatic carbocycles. The summed E-state index contributed by atoms with van der Waals surface area (Å²) in [7, 11) is -7.70. The third-order valence-corrected chi connectivity index (χ3v) is 11.6. The van der Waals surface area contributed by atoms with Crippen LogP contribution in [-0.4, -0.2) is 63.2 Å². The normalized spacial score (nSPS) is 22.1. The molecule has 2 saturated heterocycles. The van der Waals surface area contributed by atoms with Crippen LogP contribution in [0.4, 0.5) is 0 Å². The SMILES string of the molecule is CC1(C)CCCN(S(=O)(=O)c2ccc3c(c2)C(=O)c2ccc(S(=O)(=O)N4CCCC(C)(C)C4)cc2C3=O)C1. The van der Waals surface area contributed by atoms with Gasteiger partial charge in [-0.05, 0) is 72.9 Å². The largest absolute Gasteiger partial charge is 0.289 e. The number of benzene rings is 2. The van der Waals surface area contributed by atoms with E-state index >= 15 is 0 Å². The Balaban J connectivity index is 1.49. The number of fused-ring (bicyclic) bond motifs is 2. The number of carbonyl (C=O) groups is 2. The first-order chi connectivity index (χ1) is 17.6. The molecule has 3 aliphatic rings. The van der Waals surface area contributed by atoms with Crippen LogP contribution in [0.2, 0.25) is 0 Å². The molecule has 0 bridgehead atoms. The number of hydrogen-bond acceptors (Lipinski definition) is 6. The Morgan fingerprint density at radius 1 is 0.605 bits per heavy atom. The first kappa shape index (κ1) is 27.2. The van der Waals surface area contributed by atoms with Crippen LogP contribution < -0.4 is 0 Å². The predicted octanol–water partition coefficient (Wildman–Crippen LogP) is 4.08. The van der Waals surface area contributed by atoms with Gasteiger partial charge in [-0.1, -0.05) is 27.7 Å². The van der Waals surface area contributed by atoms with Crippen molar-refractivity contribution in [2.45, 2.75) is 63.2 Å². The smallest absolute Gasteiger partial charge is 0.243 e. The maximum atomic E-state index is 13.4. The summed E-state index contributed by atoms with van der Waals surface area (Å²) < 4.78 is 56.5. The fourth-order valence-electron chi connectivity index (χ4n) is 5.88. The monoisotopic (exact) mass is 558 g/mol. The summed E-state index contributed by atoms with van der Waals surface area (Å²) in [6.07, 6.45) is 3.37. The highest BCUT2D eigenvalue weighted by atomic mass is 32.2. The molecule has 2 aliphatic heterocycles. The first-order valence-corrected chi connectivity index (χ1v) is 15.9. The first-order valence-electron chi connectivity index (χ1n) is 13.0. The lowest BCUT2D eigenvalue weighted by molar-refractivity contribution is 0.0978. The molecule has 2 aromatic carbocycles. The van der Waals surface area contributed by atoms with Crippen molar-refractivity contribution < 1.29 is 26.4 Å². The maximum absolute atomic E-state index is 13.4. The Labute approximate surface area is 225 Å². The molecule has 0 N–H and O–H groups in total. The minimum Gasteiger partial charge on any atom is -0.289 e. The van der Waals surface area contributed by atoms with Crippen molar-refractivity contribution in [3.63, 3.8) is 0 Å². The van der Waals surface area contributed by atoms with E-state index in [4.69, 9.17) is 0 Å². The minimum absolute atomic E-state index is 0.0215. The second kappa shape index (κ2) is 9.08. The predicted molar refractivity (Wildman–Crippen MR) is 143 cm³/mol. The molecule has 0 spiro atoms. The van der Waals surface area contributed by atoms with Gasteiger partial charge in [0.2, 0.25) is 20.0 Å². The number of sulfonamides is 2. The van der Waals surface area contributed by atoms with Crippen molar-refractivity contribution in [3.05, 3.63) is 58.7 Å². The van der Waals surface area contributed by atoms with Crippen LogP contribution in [0.25, 0.3) is 0 Å². The molecule has 8 nitrogen and oxygen atoms in total. The third kappa shape index (κ3) is 4.65. The van der Waals surface area contributed by atoms with Gasteiger partial charge < -0.3 is 0 Å². The Morgan fingerprint density at radius 2 is 0.974 bits per heavy atom. The van der Waals surface area contributed by atoms with E-state index in [1.807, 2.05) is 27.7 Å². The van der Waals surface area contributed by atoms with Crippen LogP contribution in [-0.2, 0) is 20.0 Å². The van der Waals surface area contributed by atoms with E-state index < -0.39 is 31.6 Å². The standard InChI is InChI=1S/C28H34N2O6S2/c1-27(2)11-5-13-29(17-27)37(33,34)19-7-9-21-23(15-19)25(31)22-10-8-20(16-24(22)26(21)32)38(35,36)30-14-6-12-28(3,4)18-30/h7-10,15-16H,5-6,11-14,17-18H2,1-4H3. The average molecular weight is 559 g/mol. The molecule has 5 rings (SSSR count). The van der Waals surface area contributed by atoms with Gasteiger partial charge in [0, 0.05) is 48.4 Å². The molecule has 10 heteroatoms. The van der Waals surface area contributed by atoms with E-state index in [1.54, 1.807) is 0 Å². The zero-order valence-corrected chi connectivity index (χ0v) is 23.9. The summed E-state index contributed by atoms with van der Waals surface area (Å²) in [5.41, 5.74) is -0.0944. The Hall–Kier alpha value is -2.40. The van der Waals surface area contributed by atoms with Crippen LogP contribution in [0.1, 0.15) is 85.2 Å². The summed E-state index contributed by atoms with van der Waals surface area (Å²) in [4.78, 5) is 26.8. The van der Waals surface area contributed by atoms with E-state index in [1.165, 1.54) is 45.0 Å². The number of nitrogens with zero attached hydrogens (tertiary/aromatic N) is 2. The van der Waals surface area contributed by atoms with Crippen molar-refractivity contribution in [1.29, 1.82) is 0 Å². The maximum Gasteiger partial charge on any atom is 0.243 e. The molecule has 0 saturated carbocycles.